The number of carbonyl (C=O) groups excluding carboxylic acids is 1. The third-order valence-electron chi connectivity index (χ3n) is 1.65. The number of amides is 1. The minimum absolute atomic E-state index is 0.00463. The fourth-order valence-corrected chi connectivity index (χ4v) is 0.873. The van der Waals surface area contributed by atoms with Crippen LogP contribution in [0, 0.1) is 0 Å². The van der Waals surface area contributed by atoms with Crippen LogP contribution in [0.2, 0.25) is 0 Å². The Kier molecular flexibility index (Phi) is 2.14. The maximum absolute atomic E-state index is 10.7. The molecular weight excluding hydrogens is 160 g/mol. The van der Waals surface area contributed by atoms with Crippen LogP contribution in [-0.4, -0.2) is 29.6 Å². The lowest BCUT2D eigenvalue weighted by molar-refractivity contribution is -0.131. The van der Waals surface area contributed by atoms with Crippen LogP contribution in [0.4, 0.5) is 0 Å². The van der Waals surface area contributed by atoms with E-state index in [2.05, 4.69) is 4.99 Å². The lowest BCUT2D eigenvalue weighted by Gasteiger charge is -2.22. The number of methoxy groups -OCH3 is 1. The van der Waals surface area contributed by atoms with Gasteiger partial charge in [0.15, 0.2) is 11.5 Å². The Labute approximate surface area is 69.5 Å². The number of nitrogens with zero attached hydrogens (tertiary/aromatic N) is 1. The summed E-state index contributed by atoms with van der Waals surface area (Å²) in [7, 11) is 1.42. The first kappa shape index (κ1) is 8.73. The highest BCUT2D eigenvalue weighted by Gasteiger charge is 2.34. The molecule has 1 aliphatic heterocycles. The molecular formula is C7H10N2O3. The van der Waals surface area contributed by atoms with E-state index < -0.39 is 11.5 Å². The first-order valence-electron chi connectivity index (χ1n) is 3.39. The topological polar surface area (TPSA) is 84.9 Å². The third kappa shape index (κ3) is 1.45. The summed E-state index contributed by atoms with van der Waals surface area (Å²) < 4.78 is 4.77. The molecule has 66 valence electrons. The summed E-state index contributed by atoms with van der Waals surface area (Å²) in [5.74, 6) is -0.512. The van der Waals surface area contributed by atoms with Gasteiger partial charge < -0.3 is 15.6 Å². The van der Waals surface area contributed by atoms with E-state index in [0.717, 1.165) is 0 Å². The Morgan fingerprint density at radius 3 is 3.08 bits per heavy atom. The highest BCUT2D eigenvalue weighted by molar-refractivity contribution is 5.93. The van der Waals surface area contributed by atoms with Crippen molar-refractivity contribution in [1.82, 2.24) is 0 Å². The Hall–Kier alpha value is -1.36. The van der Waals surface area contributed by atoms with Crippen molar-refractivity contribution in [2.45, 2.75) is 12.0 Å². The van der Waals surface area contributed by atoms with Gasteiger partial charge in [-0.15, -0.1) is 0 Å². The van der Waals surface area contributed by atoms with Gasteiger partial charge in [-0.05, 0) is 6.08 Å². The molecule has 1 aliphatic rings. The number of hydrogen-bond donors (Lipinski definition) is 2. The van der Waals surface area contributed by atoms with Crippen molar-refractivity contribution in [3.05, 3.63) is 12.3 Å². The number of aliphatic imine (C=N–C) groups is 1. The Morgan fingerprint density at radius 2 is 2.58 bits per heavy atom. The van der Waals surface area contributed by atoms with Crippen molar-refractivity contribution < 1.29 is 14.6 Å². The molecule has 0 radical (unpaired) electrons. The van der Waals surface area contributed by atoms with Gasteiger partial charge in [-0.25, -0.2) is 4.99 Å². The summed E-state index contributed by atoms with van der Waals surface area (Å²) in [5.41, 5.74) is 3.32. The van der Waals surface area contributed by atoms with E-state index in [1.165, 1.54) is 19.4 Å². The van der Waals surface area contributed by atoms with Crippen LogP contribution in [0.25, 0.3) is 0 Å². The number of hydrogen-bond acceptors (Lipinski definition) is 4. The summed E-state index contributed by atoms with van der Waals surface area (Å²) in [6.07, 6.45) is 2.54. The van der Waals surface area contributed by atoms with Gasteiger partial charge >= 0.3 is 0 Å². The lowest BCUT2D eigenvalue weighted by Crippen LogP contribution is -2.45. The van der Waals surface area contributed by atoms with Crippen LogP contribution in [0.3, 0.4) is 0 Å². The maximum atomic E-state index is 10.7. The summed E-state index contributed by atoms with van der Waals surface area (Å²) in [6, 6.07) is 0. The van der Waals surface area contributed by atoms with Crippen molar-refractivity contribution >= 4 is 11.8 Å². The molecule has 1 atom stereocenters. The van der Waals surface area contributed by atoms with Gasteiger partial charge in [0.1, 0.15) is 0 Å². The molecule has 0 spiro atoms. The predicted molar refractivity (Wildman–Crippen MR) is 42.3 cm³/mol. The second-order valence-electron chi connectivity index (χ2n) is 2.51. The number of nitrogens with two attached hydrogens (primary N) is 1. The van der Waals surface area contributed by atoms with E-state index in [9.17, 15) is 9.90 Å². The van der Waals surface area contributed by atoms with E-state index in [4.69, 9.17) is 10.5 Å². The van der Waals surface area contributed by atoms with Crippen LogP contribution in [-0.2, 0) is 9.53 Å². The largest absolute Gasteiger partial charge is 0.484 e. The number of carbonyl (C=O) groups is 1. The Balaban J connectivity index is 2.82. The lowest BCUT2D eigenvalue weighted by atomic mass is 9.97. The van der Waals surface area contributed by atoms with Gasteiger partial charge in [-0.1, -0.05) is 0 Å². The van der Waals surface area contributed by atoms with Crippen molar-refractivity contribution in [2.75, 3.05) is 7.11 Å². The maximum Gasteiger partial charge on any atom is 0.254 e. The average molecular weight is 170 g/mol. The number of ether oxygens (including phenoxy) is 1. The summed E-state index contributed by atoms with van der Waals surface area (Å²) in [6.45, 7) is 0. The molecule has 3 N–H and O–H groups in total. The zero-order valence-electron chi connectivity index (χ0n) is 6.65. The first-order chi connectivity index (χ1) is 5.58. The zero-order valence-corrected chi connectivity index (χ0v) is 6.65. The van der Waals surface area contributed by atoms with E-state index >= 15 is 0 Å². The van der Waals surface area contributed by atoms with E-state index in [-0.39, 0.29) is 6.42 Å². The molecule has 12 heavy (non-hydrogen) atoms. The average Bonchev–Trinajstić information content (AvgIpc) is 2.04. The fraction of sp³-hybridized carbons (Fsp3) is 0.429. The molecule has 0 fully saturated rings. The van der Waals surface area contributed by atoms with Crippen LogP contribution in [0.5, 0.6) is 0 Å². The van der Waals surface area contributed by atoms with Crippen LogP contribution >= 0.6 is 0 Å². The molecule has 1 amide bonds. The second kappa shape index (κ2) is 2.94. The van der Waals surface area contributed by atoms with E-state index in [1.807, 2.05) is 0 Å². The monoisotopic (exact) mass is 170 g/mol. The molecule has 0 aromatic heterocycles. The molecule has 0 bridgehead atoms. The SMILES string of the molecule is COC1=NC=CC(O)(C(N)=O)C1. The van der Waals surface area contributed by atoms with Crippen molar-refractivity contribution in [1.29, 1.82) is 0 Å². The smallest absolute Gasteiger partial charge is 0.254 e. The normalized spacial score (nSPS) is 28.0. The van der Waals surface area contributed by atoms with Gasteiger partial charge in [0.05, 0.1) is 13.5 Å². The van der Waals surface area contributed by atoms with Crippen molar-refractivity contribution in [2.24, 2.45) is 10.7 Å². The van der Waals surface area contributed by atoms with Gasteiger partial charge in [-0.3, -0.25) is 4.79 Å². The highest BCUT2D eigenvalue weighted by Crippen LogP contribution is 2.17. The molecule has 1 rings (SSSR count). The standard InChI is InChI=1S/C7H10N2O3/c1-12-5-4-7(11,6(8)10)2-3-9-5/h2-3,11H,4H2,1H3,(H2,8,10). The predicted octanol–water partition coefficient (Wildman–Crippen LogP) is -0.835. The zero-order chi connectivity index (χ0) is 9.19. The molecule has 0 saturated heterocycles. The molecule has 0 aromatic rings. The van der Waals surface area contributed by atoms with Crippen molar-refractivity contribution in [3.63, 3.8) is 0 Å². The van der Waals surface area contributed by atoms with Gasteiger partial charge in [0.25, 0.3) is 5.91 Å². The summed E-state index contributed by atoms with van der Waals surface area (Å²) in [5, 5.41) is 9.53. The van der Waals surface area contributed by atoms with Gasteiger partial charge in [0, 0.05) is 6.20 Å². The molecule has 5 nitrogen and oxygen atoms in total. The van der Waals surface area contributed by atoms with Crippen LogP contribution in [0.15, 0.2) is 17.3 Å². The number of aliphatic hydroxyl groups is 1. The fourth-order valence-electron chi connectivity index (χ4n) is 0.873. The molecule has 1 heterocycles. The van der Waals surface area contributed by atoms with Gasteiger partial charge in [-0.2, -0.15) is 0 Å². The van der Waals surface area contributed by atoms with E-state index in [1.54, 1.807) is 0 Å². The Morgan fingerprint density at radius 1 is 1.92 bits per heavy atom. The van der Waals surface area contributed by atoms with Crippen LogP contribution in [0.1, 0.15) is 6.42 Å². The quantitative estimate of drug-likeness (QED) is 0.538. The number of rotatable bonds is 1. The minimum atomic E-state index is -1.65. The first-order valence-corrected chi connectivity index (χ1v) is 3.39. The van der Waals surface area contributed by atoms with Crippen molar-refractivity contribution in [3.8, 4) is 0 Å². The second-order valence-corrected chi connectivity index (χ2v) is 2.51. The molecule has 0 aromatic carbocycles. The number of primary amides is 1. The van der Waals surface area contributed by atoms with E-state index in [0.29, 0.717) is 5.90 Å². The minimum Gasteiger partial charge on any atom is -0.484 e. The molecule has 5 heteroatoms. The molecule has 0 aliphatic carbocycles. The van der Waals surface area contributed by atoms with Crippen LogP contribution < -0.4 is 5.73 Å². The third-order valence-corrected chi connectivity index (χ3v) is 1.65. The molecule has 1 unspecified atom stereocenters. The summed E-state index contributed by atoms with van der Waals surface area (Å²) >= 11 is 0. The summed E-state index contributed by atoms with van der Waals surface area (Å²) in [4.78, 5) is 14.5. The Bertz CT molecular complexity index is 259. The molecule has 0 saturated carbocycles. The van der Waals surface area contributed by atoms with Gasteiger partial charge in [0.2, 0.25) is 0 Å². The highest BCUT2D eigenvalue weighted by atomic mass is 16.5.